The lowest BCUT2D eigenvalue weighted by molar-refractivity contribution is 0.160. The maximum Gasteiger partial charge on any atom is 0.0956 e. The highest BCUT2D eigenvalue weighted by Crippen LogP contribution is 1.78. The van der Waals surface area contributed by atoms with Crippen LogP contribution in [-0.2, 0) is 0 Å². The van der Waals surface area contributed by atoms with Crippen molar-refractivity contribution in [2.45, 2.75) is 6.92 Å². The van der Waals surface area contributed by atoms with E-state index in [0.29, 0.717) is 0 Å². The predicted octanol–water partition coefficient (Wildman–Crippen LogP) is 0.0497. The summed E-state index contributed by atoms with van der Waals surface area (Å²) < 4.78 is 0. The van der Waals surface area contributed by atoms with Gasteiger partial charge >= 0.3 is 0 Å². The number of hydrogen-bond acceptors (Lipinski definition) is 2. The van der Waals surface area contributed by atoms with Gasteiger partial charge in [0.1, 0.15) is 0 Å². The Balaban J connectivity index is 2.75. The van der Waals surface area contributed by atoms with Gasteiger partial charge in [-0.2, -0.15) is 0 Å². The summed E-state index contributed by atoms with van der Waals surface area (Å²) in [6.07, 6.45) is 0. The van der Waals surface area contributed by atoms with Gasteiger partial charge < -0.3 is 5.11 Å². The molecule has 0 aliphatic rings. The zero-order valence-electron chi connectivity index (χ0n) is 4.18. The van der Waals surface area contributed by atoms with Gasteiger partial charge in [-0.15, -0.1) is 0 Å². The van der Waals surface area contributed by atoms with E-state index in [-0.39, 0.29) is 6.73 Å². The van der Waals surface area contributed by atoms with Crippen LogP contribution in [-0.4, -0.2) is 23.8 Å². The molecule has 0 aliphatic heterocycles. The second-order valence-electron chi connectivity index (χ2n) is 1.16. The zero-order chi connectivity index (χ0) is 4.99. The molecule has 0 amide bonds. The van der Waals surface area contributed by atoms with Crippen LogP contribution < -0.4 is 0 Å². The monoisotopic (exact) mass is 88.1 g/mol. The van der Waals surface area contributed by atoms with Crippen molar-refractivity contribution in [1.29, 1.82) is 0 Å². The molecular formula is C4H10NO. The van der Waals surface area contributed by atoms with Gasteiger partial charge in [-0.05, 0) is 14.0 Å². The Morgan fingerprint density at radius 2 is 2.33 bits per heavy atom. The quantitative estimate of drug-likeness (QED) is 0.482. The Kier molecular flexibility index (Phi) is 3.08. The fraction of sp³-hybridized carbons (Fsp3) is 0.750. The largest absolute Gasteiger partial charge is 0.381 e. The SMILES string of the molecule is C[CH]N(C)CO. The molecule has 6 heavy (non-hydrogen) atoms. The molecule has 1 radical (unpaired) electrons. The van der Waals surface area contributed by atoms with E-state index in [9.17, 15) is 0 Å². The summed E-state index contributed by atoms with van der Waals surface area (Å²) in [5.74, 6) is 0. The maximum absolute atomic E-state index is 8.23. The molecule has 0 aliphatic carbocycles. The molecule has 2 heteroatoms. The topological polar surface area (TPSA) is 23.5 Å². The summed E-state index contributed by atoms with van der Waals surface area (Å²) in [5.41, 5.74) is 0. The molecule has 0 saturated heterocycles. The Labute approximate surface area is 38.4 Å². The van der Waals surface area contributed by atoms with Crippen LogP contribution in [0.2, 0.25) is 0 Å². The standard InChI is InChI=1S/C4H10NO/c1-3-5(2)4-6/h3,6H,4H2,1-2H3. The Morgan fingerprint density at radius 1 is 1.83 bits per heavy atom. The van der Waals surface area contributed by atoms with Gasteiger partial charge in [0.2, 0.25) is 0 Å². The fourth-order valence-corrected chi connectivity index (χ4v) is 0.0816. The first-order chi connectivity index (χ1) is 2.81. The third kappa shape index (κ3) is 2.18. The van der Waals surface area contributed by atoms with E-state index in [1.165, 1.54) is 0 Å². The van der Waals surface area contributed by atoms with Crippen LogP contribution in [0, 0.1) is 6.54 Å². The number of rotatable bonds is 2. The first kappa shape index (κ1) is 5.92. The predicted molar refractivity (Wildman–Crippen MR) is 24.8 cm³/mol. The number of aliphatic hydroxyl groups is 1. The Bertz CT molecular complexity index is 26.7. The van der Waals surface area contributed by atoms with Crippen LogP contribution in [0.1, 0.15) is 6.92 Å². The molecule has 37 valence electrons. The maximum atomic E-state index is 8.23. The molecule has 1 N–H and O–H groups in total. The molecule has 0 heterocycles. The third-order valence-electron chi connectivity index (χ3n) is 0.664. The molecule has 0 atom stereocenters. The number of nitrogens with zero attached hydrogens (tertiary/aromatic N) is 1. The molecule has 0 aromatic carbocycles. The van der Waals surface area contributed by atoms with Crippen LogP contribution in [0.25, 0.3) is 0 Å². The van der Waals surface area contributed by atoms with Crippen LogP contribution in [0.15, 0.2) is 0 Å². The lowest BCUT2D eigenvalue weighted by Crippen LogP contribution is -2.13. The highest BCUT2D eigenvalue weighted by molar-refractivity contribution is 4.48. The molecule has 2 nitrogen and oxygen atoms in total. The van der Waals surface area contributed by atoms with Gasteiger partial charge in [0, 0.05) is 6.54 Å². The summed E-state index contributed by atoms with van der Waals surface area (Å²) in [6, 6.07) is 0. The summed E-state index contributed by atoms with van der Waals surface area (Å²) in [4.78, 5) is 1.68. The van der Waals surface area contributed by atoms with Gasteiger partial charge in [0.05, 0.1) is 6.73 Å². The molecule has 0 aromatic rings. The van der Waals surface area contributed by atoms with Crippen LogP contribution in [0.5, 0.6) is 0 Å². The fourth-order valence-electron chi connectivity index (χ4n) is 0.0816. The minimum atomic E-state index is 0.108. The number of aliphatic hydroxyl groups excluding tert-OH is 1. The van der Waals surface area contributed by atoms with Crippen molar-refractivity contribution in [3.63, 3.8) is 0 Å². The van der Waals surface area contributed by atoms with E-state index in [1.54, 1.807) is 18.5 Å². The van der Waals surface area contributed by atoms with Gasteiger partial charge in [-0.3, -0.25) is 4.90 Å². The van der Waals surface area contributed by atoms with Crippen molar-refractivity contribution in [2.24, 2.45) is 0 Å². The van der Waals surface area contributed by atoms with Gasteiger partial charge in [-0.25, -0.2) is 0 Å². The highest BCUT2D eigenvalue weighted by atomic mass is 16.3. The van der Waals surface area contributed by atoms with Crippen LogP contribution in [0.4, 0.5) is 0 Å². The second-order valence-corrected chi connectivity index (χ2v) is 1.16. The molecule has 0 spiro atoms. The number of hydrogen-bond donors (Lipinski definition) is 1. The van der Waals surface area contributed by atoms with E-state index in [1.807, 2.05) is 6.92 Å². The van der Waals surface area contributed by atoms with Crippen molar-refractivity contribution < 1.29 is 5.11 Å². The van der Waals surface area contributed by atoms with E-state index in [4.69, 9.17) is 5.11 Å². The average molecular weight is 88.1 g/mol. The van der Waals surface area contributed by atoms with Crippen molar-refractivity contribution in [1.82, 2.24) is 4.90 Å². The van der Waals surface area contributed by atoms with Crippen LogP contribution >= 0.6 is 0 Å². The first-order valence-electron chi connectivity index (χ1n) is 1.92. The molecule has 0 bridgehead atoms. The van der Waals surface area contributed by atoms with Crippen molar-refractivity contribution in [2.75, 3.05) is 13.8 Å². The van der Waals surface area contributed by atoms with Gasteiger partial charge in [-0.1, -0.05) is 0 Å². The second kappa shape index (κ2) is 3.12. The molecule has 0 aromatic heterocycles. The Morgan fingerprint density at radius 3 is 2.33 bits per heavy atom. The van der Waals surface area contributed by atoms with Crippen molar-refractivity contribution in [3.05, 3.63) is 6.54 Å². The van der Waals surface area contributed by atoms with E-state index in [2.05, 4.69) is 0 Å². The Hall–Kier alpha value is -0.0800. The van der Waals surface area contributed by atoms with E-state index >= 15 is 0 Å². The lowest BCUT2D eigenvalue weighted by Gasteiger charge is -2.05. The molecular weight excluding hydrogens is 78.0 g/mol. The normalized spacial score (nSPS) is 10.0. The minimum Gasteiger partial charge on any atom is -0.381 e. The molecule has 0 rings (SSSR count). The van der Waals surface area contributed by atoms with E-state index in [0.717, 1.165) is 0 Å². The molecule has 0 fully saturated rings. The van der Waals surface area contributed by atoms with Gasteiger partial charge in [0.15, 0.2) is 0 Å². The van der Waals surface area contributed by atoms with Crippen molar-refractivity contribution in [3.8, 4) is 0 Å². The minimum absolute atomic E-state index is 0.108. The smallest absolute Gasteiger partial charge is 0.0956 e. The van der Waals surface area contributed by atoms with Gasteiger partial charge in [0.25, 0.3) is 0 Å². The van der Waals surface area contributed by atoms with Crippen molar-refractivity contribution >= 4 is 0 Å². The summed E-state index contributed by atoms with van der Waals surface area (Å²) >= 11 is 0. The van der Waals surface area contributed by atoms with E-state index < -0.39 is 0 Å². The summed E-state index contributed by atoms with van der Waals surface area (Å²) in [6.45, 7) is 3.78. The molecule has 0 saturated carbocycles. The highest BCUT2D eigenvalue weighted by Gasteiger charge is 1.83. The average Bonchev–Trinajstić information content (AvgIpc) is 1.65. The molecule has 0 unspecified atom stereocenters. The third-order valence-corrected chi connectivity index (χ3v) is 0.664. The first-order valence-corrected chi connectivity index (χ1v) is 1.92. The summed E-state index contributed by atoms with van der Waals surface area (Å²) in [7, 11) is 1.81. The lowest BCUT2D eigenvalue weighted by atomic mass is 10.7. The van der Waals surface area contributed by atoms with Crippen LogP contribution in [0.3, 0.4) is 0 Å². The zero-order valence-corrected chi connectivity index (χ0v) is 4.18. The summed E-state index contributed by atoms with van der Waals surface area (Å²) in [5, 5.41) is 8.23.